The molecule has 174 valence electrons. The van der Waals surface area contributed by atoms with Gasteiger partial charge in [-0.25, -0.2) is 4.68 Å². The minimum Gasteiger partial charge on any atom is -0.493 e. The summed E-state index contributed by atoms with van der Waals surface area (Å²) in [6.45, 7) is 7.94. The first-order chi connectivity index (χ1) is 15.5. The number of ether oxygens (including phenoxy) is 1. The van der Waals surface area contributed by atoms with Gasteiger partial charge in [0.1, 0.15) is 5.75 Å². The Hall–Kier alpha value is -1.91. The second kappa shape index (κ2) is 8.79. The molecule has 2 saturated carbocycles. The highest BCUT2D eigenvalue weighted by Gasteiger charge is 2.54. The Balaban J connectivity index is 1.37. The number of hydrogen-bond acceptors (Lipinski definition) is 4. The van der Waals surface area contributed by atoms with E-state index in [4.69, 9.17) is 4.74 Å². The summed E-state index contributed by atoms with van der Waals surface area (Å²) < 4.78 is 8.08. The molecule has 2 aromatic rings. The van der Waals surface area contributed by atoms with Crippen molar-refractivity contribution in [2.75, 3.05) is 6.61 Å². The molecule has 0 bridgehead atoms. The average Bonchev–Trinajstić information content (AvgIpc) is 3.36. The molecule has 1 heterocycles. The van der Waals surface area contributed by atoms with E-state index in [2.05, 4.69) is 48.4 Å². The molecule has 0 radical (unpaired) electrons. The van der Waals surface area contributed by atoms with Gasteiger partial charge >= 0.3 is 0 Å². The highest BCUT2D eigenvalue weighted by molar-refractivity contribution is 5.46. The second-order valence-corrected chi connectivity index (χ2v) is 10.9. The predicted octanol–water partition coefficient (Wildman–Crippen LogP) is 5.67. The molecule has 5 atom stereocenters. The highest BCUT2D eigenvalue weighted by Crippen LogP contribution is 2.63. The van der Waals surface area contributed by atoms with Crippen LogP contribution in [0.4, 0.5) is 0 Å². The van der Waals surface area contributed by atoms with E-state index in [1.165, 1.54) is 50.5 Å². The Morgan fingerprint density at radius 1 is 1.16 bits per heavy atom. The SMILES string of the molecule is CCCCOc1cc2c(cc1CC)C1CC[C@@]3(C)C(CC[C@@H]3Cc3nnnn3C)C1CC2. The van der Waals surface area contributed by atoms with Crippen molar-refractivity contribution in [1.29, 1.82) is 0 Å². The van der Waals surface area contributed by atoms with Gasteiger partial charge in [-0.05, 0) is 114 Å². The van der Waals surface area contributed by atoms with Crippen molar-refractivity contribution in [3.8, 4) is 5.75 Å². The van der Waals surface area contributed by atoms with Crippen molar-refractivity contribution in [1.82, 2.24) is 20.2 Å². The summed E-state index contributed by atoms with van der Waals surface area (Å²) >= 11 is 0. The molecular weight excluding hydrogens is 396 g/mol. The molecule has 1 aromatic carbocycles. The largest absolute Gasteiger partial charge is 0.493 e. The summed E-state index contributed by atoms with van der Waals surface area (Å²) in [7, 11) is 1.98. The first-order valence-electron chi connectivity index (χ1n) is 13.0. The summed E-state index contributed by atoms with van der Waals surface area (Å²) in [6.07, 6.45) is 12.3. The lowest BCUT2D eigenvalue weighted by atomic mass is 9.54. The van der Waals surface area contributed by atoms with Crippen molar-refractivity contribution >= 4 is 0 Å². The van der Waals surface area contributed by atoms with Gasteiger partial charge in [0.25, 0.3) is 0 Å². The van der Waals surface area contributed by atoms with Crippen molar-refractivity contribution in [3.63, 3.8) is 0 Å². The molecule has 0 spiro atoms. The van der Waals surface area contributed by atoms with Crippen molar-refractivity contribution < 1.29 is 4.74 Å². The highest BCUT2D eigenvalue weighted by atomic mass is 16.5. The third-order valence-electron chi connectivity index (χ3n) is 9.38. The van der Waals surface area contributed by atoms with Gasteiger partial charge in [0.2, 0.25) is 0 Å². The molecular formula is C27H40N4O. The lowest BCUT2D eigenvalue weighted by Gasteiger charge is -2.51. The fourth-order valence-electron chi connectivity index (χ4n) is 7.47. The Morgan fingerprint density at radius 3 is 2.78 bits per heavy atom. The van der Waals surface area contributed by atoms with Crippen LogP contribution in [-0.2, 0) is 26.3 Å². The van der Waals surface area contributed by atoms with E-state index in [-0.39, 0.29) is 0 Å². The van der Waals surface area contributed by atoms with Crippen LogP contribution in [0.2, 0.25) is 0 Å². The number of tetrazole rings is 1. The van der Waals surface area contributed by atoms with E-state index >= 15 is 0 Å². The maximum Gasteiger partial charge on any atom is 0.151 e. The maximum absolute atomic E-state index is 6.21. The molecule has 0 saturated heterocycles. The van der Waals surface area contributed by atoms with Crippen molar-refractivity contribution in [3.05, 3.63) is 34.6 Å². The molecule has 5 heteroatoms. The standard InChI is InChI=1S/C27H40N4O/c1-5-7-14-32-25-16-19-8-10-22-21(23(19)15-18(25)6-2)12-13-27(3)20(9-11-24(22)27)17-26-28-29-30-31(26)4/h15-16,20-22,24H,5-14,17H2,1-4H3/t20-,21?,22?,24?,27-/m1/s1. The summed E-state index contributed by atoms with van der Waals surface area (Å²) in [4.78, 5) is 0. The van der Waals surface area contributed by atoms with Gasteiger partial charge in [0, 0.05) is 13.5 Å². The molecule has 0 N–H and O–H groups in total. The Morgan fingerprint density at radius 2 is 2.03 bits per heavy atom. The van der Waals surface area contributed by atoms with Crippen LogP contribution in [0.1, 0.15) is 94.1 Å². The van der Waals surface area contributed by atoms with Crippen LogP contribution in [0.25, 0.3) is 0 Å². The molecule has 1 aromatic heterocycles. The number of unbranched alkanes of at least 4 members (excludes halogenated alkanes) is 1. The number of nitrogens with zero attached hydrogens (tertiary/aromatic N) is 4. The quantitative estimate of drug-likeness (QED) is 0.525. The predicted molar refractivity (Wildman–Crippen MR) is 127 cm³/mol. The number of fused-ring (bicyclic) bond motifs is 5. The van der Waals surface area contributed by atoms with E-state index < -0.39 is 0 Å². The zero-order valence-corrected chi connectivity index (χ0v) is 20.4. The third kappa shape index (κ3) is 3.66. The molecule has 3 aliphatic rings. The third-order valence-corrected chi connectivity index (χ3v) is 9.38. The van der Waals surface area contributed by atoms with Gasteiger partial charge in [-0.15, -0.1) is 5.10 Å². The lowest BCUT2D eigenvalue weighted by Crippen LogP contribution is -2.42. The van der Waals surface area contributed by atoms with E-state index in [9.17, 15) is 0 Å². The normalized spacial score (nSPS) is 31.1. The number of benzene rings is 1. The monoisotopic (exact) mass is 436 g/mol. The van der Waals surface area contributed by atoms with Gasteiger partial charge in [0.05, 0.1) is 6.61 Å². The zero-order valence-electron chi connectivity index (χ0n) is 20.4. The average molecular weight is 437 g/mol. The number of aromatic nitrogens is 4. The van der Waals surface area contributed by atoms with Crippen LogP contribution in [0.15, 0.2) is 12.1 Å². The fraction of sp³-hybridized carbons (Fsp3) is 0.741. The van der Waals surface area contributed by atoms with Crippen LogP contribution in [0.5, 0.6) is 5.75 Å². The minimum absolute atomic E-state index is 0.432. The van der Waals surface area contributed by atoms with Crippen LogP contribution in [0, 0.1) is 23.2 Å². The maximum atomic E-state index is 6.21. The molecule has 5 rings (SSSR count). The van der Waals surface area contributed by atoms with Crippen LogP contribution in [-0.4, -0.2) is 26.8 Å². The molecule has 0 amide bonds. The minimum atomic E-state index is 0.432. The second-order valence-electron chi connectivity index (χ2n) is 10.9. The smallest absolute Gasteiger partial charge is 0.151 e. The summed E-state index contributed by atoms with van der Waals surface area (Å²) in [5.41, 5.74) is 5.07. The summed E-state index contributed by atoms with van der Waals surface area (Å²) in [6, 6.07) is 4.94. The molecule has 2 fully saturated rings. The molecule has 5 nitrogen and oxygen atoms in total. The Labute approximate surface area is 193 Å². The number of aryl methyl sites for hydroxylation is 3. The van der Waals surface area contributed by atoms with Gasteiger partial charge in [-0.3, -0.25) is 0 Å². The Kier molecular flexibility index (Phi) is 6.02. The number of rotatable bonds is 7. The summed E-state index contributed by atoms with van der Waals surface area (Å²) in [5, 5.41) is 12.3. The van der Waals surface area contributed by atoms with Crippen molar-refractivity contribution in [2.24, 2.45) is 30.2 Å². The molecule has 3 unspecified atom stereocenters. The van der Waals surface area contributed by atoms with Gasteiger partial charge in [-0.1, -0.05) is 33.3 Å². The first kappa shape index (κ1) is 21.9. The fourth-order valence-corrected chi connectivity index (χ4v) is 7.47. The zero-order chi connectivity index (χ0) is 22.3. The Bertz CT molecular complexity index is 953. The topological polar surface area (TPSA) is 52.8 Å². The van der Waals surface area contributed by atoms with Gasteiger partial charge in [0.15, 0.2) is 5.82 Å². The van der Waals surface area contributed by atoms with E-state index in [1.54, 1.807) is 11.1 Å². The molecule has 0 aliphatic heterocycles. The molecule has 3 aliphatic carbocycles. The van der Waals surface area contributed by atoms with E-state index in [0.29, 0.717) is 11.3 Å². The van der Waals surface area contributed by atoms with Crippen LogP contribution < -0.4 is 4.74 Å². The van der Waals surface area contributed by atoms with Crippen molar-refractivity contribution in [2.45, 2.75) is 90.9 Å². The number of hydrogen-bond donors (Lipinski definition) is 0. The summed E-state index contributed by atoms with van der Waals surface area (Å²) in [5.74, 6) is 5.32. The lowest BCUT2D eigenvalue weighted by molar-refractivity contribution is 0.0277. The van der Waals surface area contributed by atoms with Gasteiger partial charge < -0.3 is 4.74 Å². The van der Waals surface area contributed by atoms with Gasteiger partial charge in [-0.2, -0.15) is 0 Å². The molecule has 32 heavy (non-hydrogen) atoms. The van der Waals surface area contributed by atoms with E-state index in [1.807, 2.05) is 11.7 Å². The van der Waals surface area contributed by atoms with Crippen LogP contribution in [0.3, 0.4) is 0 Å². The van der Waals surface area contributed by atoms with Crippen LogP contribution >= 0.6 is 0 Å². The first-order valence-corrected chi connectivity index (χ1v) is 13.0. The van der Waals surface area contributed by atoms with E-state index in [0.717, 1.165) is 55.2 Å².